The summed E-state index contributed by atoms with van der Waals surface area (Å²) < 4.78 is 0. The number of carbonyl (C=O) groups excluding carboxylic acids is 1. The zero-order valence-electron chi connectivity index (χ0n) is 12.0. The van der Waals surface area contributed by atoms with Crippen LogP contribution < -0.4 is 0 Å². The van der Waals surface area contributed by atoms with Gasteiger partial charge in [0.25, 0.3) is 0 Å². The third-order valence-electron chi connectivity index (χ3n) is 3.67. The largest absolute Gasteiger partial charge is 0.508 e. The summed E-state index contributed by atoms with van der Waals surface area (Å²) in [7, 11) is 0. The van der Waals surface area contributed by atoms with Crippen LogP contribution in [0.15, 0.2) is 59.7 Å². The lowest BCUT2D eigenvalue weighted by atomic mass is 10.1. The molecule has 0 amide bonds. The van der Waals surface area contributed by atoms with Crippen molar-refractivity contribution in [2.75, 3.05) is 0 Å². The molecule has 2 aromatic rings. The van der Waals surface area contributed by atoms with Gasteiger partial charge in [0.2, 0.25) is 0 Å². The van der Waals surface area contributed by atoms with Crippen molar-refractivity contribution in [1.82, 2.24) is 0 Å². The maximum absolute atomic E-state index is 12.4. The number of rotatable bonds is 2. The third kappa shape index (κ3) is 3.09. The zero-order valence-corrected chi connectivity index (χ0v) is 12.0. The monoisotopic (exact) mass is 292 g/mol. The van der Waals surface area contributed by atoms with Crippen molar-refractivity contribution < 1.29 is 15.0 Å². The molecule has 0 aliphatic heterocycles. The van der Waals surface area contributed by atoms with Gasteiger partial charge in [-0.2, -0.15) is 0 Å². The normalized spacial score (nSPS) is 18.3. The first-order valence-electron chi connectivity index (χ1n) is 7.16. The molecule has 0 atom stereocenters. The van der Waals surface area contributed by atoms with Gasteiger partial charge in [-0.15, -0.1) is 0 Å². The van der Waals surface area contributed by atoms with Crippen molar-refractivity contribution in [3.63, 3.8) is 0 Å². The van der Waals surface area contributed by atoms with Gasteiger partial charge in [0.1, 0.15) is 11.5 Å². The fourth-order valence-corrected chi connectivity index (χ4v) is 2.61. The van der Waals surface area contributed by atoms with Gasteiger partial charge < -0.3 is 10.2 Å². The summed E-state index contributed by atoms with van der Waals surface area (Å²) in [5.41, 5.74) is 3.14. The van der Waals surface area contributed by atoms with Gasteiger partial charge in [-0.3, -0.25) is 4.79 Å². The average molecular weight is 292 g/mol. The van der Waals surface area contributed by atoms with Gasteiger partial charge in [0, 0.05) is 11.1 Å². The molecule has 0 unspecified atom stereocenters. The zero-order chi connectivity index (χ0) is 15.5. The molecule has 3 nitrogen and oxygen atoms in total. The van der Waals surface area contributed by atoms with Crippen LogP contribution in [0.2, 0.25) is 0 Å². The molecule has 3 heteroatoms. The minimum absolute atomic E-state index is 0.0340. The van der Waals surface area contributed by atoms with E-state index >= 15 is 0 Å². The molecule has 2 N–H and O–H groups in total. The predicted octanol–water partition coefficient (Wildman–Crippen LogP) is 3.93. The Bertz CT molecular complexity index is 719. The van der Waals surface area contributed by atoms with Crippen LogP contribution in [0.3, 0.4) is 0 Å². The molecule has 0 heterocycles. The van der Waals surface area contributed by atoms with Crippen molar-refractivity contribution in [2.45, 2.75) is 12.8 Å². The number of ketones is 1. The minimum atomic E-state index is 0.0340. The van der Waals surface area contributed by atoms with Crippen LogP contribution >= 0.6 is 0 Å². The molecule has 0 radical (unpaired) electrons. The van der Waals surface area contributed by atoms with Crippen LogP contribution in [-0.2, 0) is 4.79 Å². The quantitative estimate of drug-likeness (QED) is 0.825. The fourth-order valence-electron chi connectivity index (χ4n) is 2.61. The number of carbonyl (C=O) groups is 1. The Balaban J connectivity index is 1.86. The lowest BCUT2D eigenvalue weighted by Crippen LogP contribution is -1.95. The number of hydrogen-bond donors (Lipinski definition) is 2. The van der Waals surface area contributed by atoms with E-state index in [4.69, 9.17) is 0 Å². The third-order valence-corrected chi connectivity index (χ3v) is 3.67. The van der Waals surface area contributed by atoms with E-state index in [2.05, 4.69) is 0 Å². The standard InChI is InChI=1S/C19H16O3/c20-17-5-1-3-13(11-17)9-15-7-8-16(19(15)22)10-14-4-2-6-18(21)12-14/h1-6,9-12,20-21H,7-8H2/b15-9+,16-10+. The summed E-state index contributed by atoms with van der Waals surface area (Å²) in [6, 6.07) is 13.7. The van der Waals surface area contributed by atoms with Crippen LogP contribution in [0.4, 0.5) is 0 Å². The van der Waals surface area contributed by atoms with E-state index in [1.807, 2.05) is 24.3 Å². The Hall–Kier alpha value is -2.81. The number of phenolic OH excluding ortho intramolecular Hbond substituents is 2. The second-order valence-corrected chi connectivity index (χ2v) is 5.36. The van der Waals surface area contributed by atoms with E-state index in [0.717, 1.165) is 22.3 Å². The molecule has 1 saturated carbocycles. The number of hydrogen-bond acceptors (Lipinski definition) is 3. The summed E-state index contributed by atoms with van der Waals surface area (Å²) in [4.78, 5) is 12.4. The van der Waals surface area contributed by atoms with E-state index in [-0.39, 0.29) is 17.3 Å². The molecule has 0 spiro atoms. The van der Waals surface area contributed by atoms with E-state index in [9.17, 15) is 15.0 Å². The van der Waals surface area contributed by atoms with Gasteiger partial charge in [0.05, 0.1) is 0 Å². The van der Waals surface area contributed by atoms with Crippen LogP contribution in [0.1, 0.15) is 24.0 Å². The maximum atomic E-state index is 12.4. The molecule has 1 aliphatic carbocycles. The van der Waals surface area contributed by atoms with Gasteiger partial charge in [0.15, 0.2) is 5.78 Å². The molecule has 0 saturated heterocycles. The maximum Gasteiger partial charge on any atom is 0.185 e. The minimum Gasteiger partial charge on any atom is -0.508 e. The first-order chi connectivity index (χ1) is 10.6. The Labute approximate surface area is 128 Å². The molecular formula is C19H16O3. The predicted molar refractivity (Wildman–Crippen MR) is 86.4 cm³/mol. The van der Waals surface area contributed by atoms with Gasteiger partial charge in [-0.1, -0.05) is 24.3 Å². The van der Waals surface area contributed by atoms with E-state index in [1.165, 1.54) is 0 Å². The fraction of sp³-hybridized carbons (Fsp3) is 0.105. The topological polar surface area (TPSA) is 57.5 Å². The van der Waals surface area contributed by atoms with Gasteiger partial charge in [-0.05, 0) is 60.4 Å². The summed E-state index contributed by atoms with van der Waals surface area (Å²) in [5.74, 6) is 0.414. The van der Waals surface area contributed by atoms with Crippen LogP contribution in [-0.4, -0.2) is 16.0 Å². The second-order valence-electron chi connectivity index (χ2n) is 5.36. The molecule has 0 aromatic heterocycles. The molecule has 1 fully saturated rings. The van der Waals surface area contributed by atoms with E-state index in [0.29, 0.717) is 12.8 Å². The lowest BCUT2D eigenvalue weighted by molar-refractivity contribution is -0.111. The number of aromatic hydroxyl groups is 2. The molecular weight excluding hydrogens is 276 g/mol. The summed E-state index contributed by atoms with van der Waals surface area (Å²) in [6.45, 7) is 0. The van der Waals surface area contributed by atoms with Crippen molar-refractivity contribution in [3.8, 4) is 11.5 Å². The second kappa shape index (κ2) is 5.90. The van der Waals surface area contributed by atoms with E-state index in [1.54, 1.807) is 36.4 Å². The highest BCUT2D eigenvalue weighted by molar-refractivity contribution is 6.15. The van der Waals surface area contributed by atoms with Crippen LogP contribution in [0.5, 0.6) is 11.5 Å². The van der Waals surface area contributed by atoms with Gasteiger partial charge in [-0.25, -0.2) is 0 Å². The van der Waals surface area contributed by atoms with Crippen LogP contribution in [0.25, 0.3) is 12.2 Å². The van der Waals surface area contributed by atoms with Crippen LogP contribution in [0, 0.1) is 0 Å². The Morgan fingerprint density at radius 3 is 1.64 bits per heavy atom. The number of allylic oxidation sites excluding steroid dienone is 2. The summed E-state index contributed by atoms with van der Waals surface area (Å²) in [5, 5.41) is 19.0. The Kier molecular flexibility index (Phi) is 3.79. The Morgan fingerprint density at radius 1 is 0.773 bits per heavy atom. The highest BCUT2D eigenvalue weighted by Gasteiger charge is 2.22. The molecule has 3 rings (SSSR count). The molecule has 0 bridgehead atoms. The van der Waals surface area contributed by atoms with Crippen molar-refractivity contribution in [3.05, 3.63) is 70.8 Å². The van der Waals surface area contributed by atoms with Crippen molar-refractivity contribution >= 4 is 17.9 Å². The van der Waals surface area contributed by atoms with Crippen molar-refractivity contribution in [2.24, 2.45) is 0 Å². The van der Waals surface area contributed by atoms with Crippen molar-refractivity contribution in [1.29, 1.82) is 0 Å². The lowest BCUT2D eigenvalue weighted by Gasteiger charge is -1.99. The highest BCUT2D eigenvalue weighted by Crippen LogP contribution is 2.30. The number of Topliss-reactive ketones (excluding diaryl/α,β-unsaturated/α-hetero) is 1. The molecule has 110 valence electrons. The smallest absolute Gasteiger partial charge is 0.185 e. The first-order valence-corrected chi connectivity index (χ1v) is 7.16. The first kappa shape index (κ1) is 14.1. The van der Waals surface area contributed by atoms with E-state index < -0.39 is 0 Å². The number of phenols is 2. The summed E-state index contributed by atoms with van der Waals surface area (Å²) in [6.07, 6.45) is 5.04. The SMILES string of the molecule is O=C1/C(=C/c2cccc(O)c2)CC/C1=C\c1cccc(O)c1. The Morgan fingerprint density at radius 2 is 1.23 bits per heavy atom. The number of benzene rings is 2. The molecule has 1 aliphatic rings. The van der Waals surface area contributed by atoms with Gasteiger partial charge >= 0.3 is 0 Å². The molecule has 22 heavy (non-hydrogen) atoms. The molecule has 2 aromatic carbocycles. The summed E-state index contributed by atoms with van der Waals surface area (Å²) >= 11 is 0. The highest BCUT2D eigenvalue weighted by atomic mass is 16.3. The average Bonchev–Trinajstić information content (AvgIpc) is 2.80.